The number of hydrogen-bond acceptors (Lipinski definition) is 4. The monoisotopic (exact) mass is 379 g/mol. The molecule has 1 atom stereocenters. The van der Waals surface area contributed by atoms with Gasteiger partial charge in [0.05, 0.1) is 5.25 Å². The van der Waals surface area contributed by atoms with E-state index in [2.05, 4.69) is 32.7 Å². The van der Waals surface area contributed by atoms with Gasteiger partial charge in [-0.25, -0.2) is 0 Å². The lowest BCUT2D eigenvalue weighted by atomic mass is 10.2. The van der Waals surface area contributed by atoms with Crippen molar-refractivity contribution in [3.05, 3.63) is 41.4 Å². The number of Topliss-reactive ketones (excluding diaryl/α,β-unsaturated/α-hetero) is 1. The molecule has 0 fully saturated rings. The Labute approximate surface area is 143 Å². The van der Waals surface area contributed by atoms with E-state index >= 15 is 0 Å². The van der Waals surface area contributed by atoms with Crippen molar-refractivity contribution in [2.24, 2.45) is 0 Å². The van der Waals surface area contributed by atoms with E-state index in [1.54, 1.807) is 0 Å². The largest absolute Gasteiger partial charge is 0.298 e. The van der Waals surface area contributed by atoms with Gasteiger partial charge in [0.15, 0.2) is 11.0 Å². The third kappa shape index (κ3) is 3.87. The first kappa shape index (κ1) is 17.0. The number of nitrogens with zero attached hydrogens (tertiary/aromatic N) is 3. The first-order valence-electron chi connectivity index (χ1n) is 7.06. The normalized spacial score (nSPS) is 12.1. The predicted octanol–water partition coefficient (Wildman–Crippen LogP) is 4.35. The van der Waals surface area contributed by atoms with Crippen LogP contribution in [0.2, 0.25) is 0 Å². The van der Waals surface area contributed by atoms with Gasteiger partial charge in [-0.2, -0.15) is 0 Å². The van der Waals surface area contributed by atoms with Crippen LogP contribution < -0.4 is 0 Å². The van der Waals surface area contributed by atoms with Gasteiger partial charge in [-0.05, 0) is 19.1 Å². The number of thioether (sulfide) groups is 1. The number of benzene rings is 1. The third-order valence-electron chi connectivity index (χ3n) is 3.22. The highest BCUT2D eigenvalue weighted by Crippen LogP contribution is 2.28. The first-order valence-corrected chi connectivity index (χ1v) is 8.73. The van der Waals surface area contributed by atoms with Crippen LogP contribution in [0.25, 0.3) is 11.4 Å². The van der Waals surface area contributed by atoms with Crippen molar-refractivity contribution in [1.29, 1.82) is 0 Å². The highest BCUT2D eigenvalue weighted by molar-refractivity contribution is 9.10. The number of rotatable bonds is 7. The number of hydrogen-bond donors (Lipinski definition) is 0. The molecule has 1 aromatic carbocycles. The molecule has 0 aliphatic carbocycles. The summed E-state index contributed by atoms with van der Waals surface area (Å²) in [5.74, 6) is 0.995. The molecule has 116 valence electrons. The lowest BCUT2D eigenvalue weighted by Crippen LogP contribution is -2.13. The Morgan fingerprint density at radius 2 is 2.09 bits per heavy atom. The molecule has 0 aliphatic rings. The Morgan fingerprint density at radius 1 is 1.41 bits per heavy atom. The molecule has 0 aliphatic heterocycles. The summed E-state index contributed by atoms with van der Waals surface area (Å²) in [5, 5.41) is 9.16. The molecule has 0 bridgehead atoms. The molecule has 0 N–H and O–H groups in total. The van der Waals surface area contributed by atoms with Gasteiger partial charge in [-0.15, -0.1) is 16.8 Å². The maximum Gasteiger partial charge on any atom is 0.192 e. The van der Waals surface area contributed by atoms with Crippen LogP contribution >= 0.6 is 27.7 Å². The average molecular weight is 380 g/mol. The van der Waals surface area contributed by atoms with Crippen molar-refractivity contribution < 1.29 is 4.79 Å². The molecule has 2 rings (SSSR count). The Morgan fingerprint density at radius 3 is 2.68 bits per heavy atom. The van der Waals surface area contributed by atoms with Crippen LogP contribution in [0.1, 0.15) is 20.3 Å². The number of carbonyl (C=O) groups is 1. The standard InChI is InChI=1S/C16H18BrN3OS/c1-4-10-20-15(12-6-8-13(17)9-7-12)18-19-16(20)22-11(3)14(21)5-2/h4,6-9,11H,1,5,10H2,2-3H3. The molecule has 0 amide bonds. The van der Waals surface area contributed by atoms with Gasteiger partial charge in [-0.3, -0.25) is 9.36 Å². The van der Waals surface area contributed by atoms with Gasteiger partial charge < -0.3 is 0 Å². The predicted molar refractivity (Wildman–Crippen MR) is 94.0 cm³/mol. The van der Waals surface area contributed by atoms with Crippen LogP contribution in [0.3, 0.4) is 0 Å². The third-order valence-corrected chi connectivity index (χ3v) is 4.87. The van der Waals surface area contributed by atoms with Crippen molar-refractivity contribution in [1.82, 2.24) is 14.8 Å². The molecule has 6 heteroatoms. The van der Waals surface area contributed by atoms with Crippen LogP contribution in [-0.4, -0.2) is 25.8 Å². The molecule has 0 saturated heterocycles. The molecule has 2 aromatic rings. The van der Waals surface area contributed by atoms with Crippen LogP contribution in [-0.2, 0) is 11.3 Å². The van der Waals surface area contributed by atoms with E-state index in [1.807, 2.05) is 48.8 Å². The van der Waals surface area contributed by atoms with Crippen LogP contribution in [0.15, 0.2) is 46.5 Å². The quantitative estimate of drug-likeness (QED) is 0.529. The number of halogens is 1. The van der Waals surface area contributed by atoms with E-state index in [4.69, 9.17) is 0 Å². The summed E-state index contributed by atoms with van der Waals surface area (Å²) in [4.78, 5) is 11.8. The molecule has 22 heavy (non-hydrogen) atoms. The van der Waals surface area contributed by atoms with Gasteiger partial charge in [0.1, 0.15) is 5.78 Å². The second-order valence-electron chi connectivity index (χ2n) is 4.79. The first-order chi connectivity index (χ1) is 10.6. The molecule has 0 saturated carbocycles. The molecule has 4 nitrogen and oxygen atoms in total. The Bertz CT molecular complexity index is 667. The van der Waals surface area contributed by atoms with Crippen LogP contribution in [0, 0.1) is 0 Å². The van der Waals surface area contributed by atoms with Gasteiger partial charge in [0, 0.05) is 23.0 Å². The fourth-order valence-corrected chi connectivity index (χ4v) is 3.25. The van der Waals surface area contributed by atoms with Crippen molar-refractivity contribution in [2.45, 2.75) is 37.2 Å². The number of aromatic nitrogens is 3. The maximum atomic E-state index is 11.8. The number of ketones is 1. The van der Waals surface area contributed by atoms with E-state index in [9.17, 15) is 4.79 Å². The van der Waals surface area contributed by atoms with Crippen molar-refractivity contribution >= 4 is 33.5 Å². The lowest BCUT2D eigenvalue weighted by Gasteiger charge is -2.11. The average Bonchev–Trinajstić information content (AvgIpc) is 2.90. The maximum absolute atomic E-state index is 11.8. The molecular weight excluding hydrogens is 362 g/mol. The summed E-state index contributed by atoms with van der Waals surface area (Å²) in [6.45, 7) is 8.18. The molecule has 1 heterocycles. The molecule has 0 spiro atoms. The van der Waals surface area contributed by atoms with E-state index in [1.165, 1.54) is 11.8 Å². The topological polar surface area (TPSA) is 47.8 Å². The van der Waals surface area contributed by atoms with Gasteiger partial charge in [0.2, 0.25) is 0 Å². The highest BCUT2D eigenvalue weighted by Gasteiger charge is 2.19. The minimum atomic E-state index is -0.129. The molecule has 1 unspecified atom stereocenters. The summed E-state index contributed by atoms with van der Waals surface area (Å²) in [6, 6.07) is 7.92. The van der Waals surface area contributed by atoms with Crippen molar-refractivity contribution in [2.75, 3.05) is 0 Å². The summed E-state index contributed by atoms with van der Waals surface area (Å²) < 4.78 is 3.00. The smallest absolute Gasteiger partial charge is 0.192 e. The van der Waals surface area contributed by atoms with Crippen LogP contribution in [0.5, 0.6) is 0 Å². The van der Waals surface area contributed by atoms with Gasteiger partial charge in [-0.1, -0.05) is 52.8 Å². The Balaban J connectivity index is 2.34. The number of allylic oxidation sites excluding steroid dienone is 1. The second kappa shape index (κ2) is 7.74. The van der Waals surface area contributed by atoms with Crippen LogP contribution in [0.4, 0.5) is 0 Å². The fourth-order valence-electron chi connectivity index (χ4n) is 1.99. The molecule has 0 radical (unpaired) electrons. The SMILES string of the molecule is C=CCn1c(SC(C)C(=O)CC)nnc1-c1ccc(Br)cc1. The summed E-state index contributed by atoms with van der Waals surface area (Å²) in [6.07, 6.45) is 2.34. The summed E-state index contributed by atoms with van der Waals surface area (Å²) >= 11 is 4.87. The van der Waals surface area contributed by atoms with E-state index < -0.39 is 0 Å². The molecule has 1 aromatic heterocycles. The molecular formula is C16H18BrN3OS. The lowest BCUT2D eigenvalue weighted by molar-refractivity contribution is -0.118. The minimum absolute atomic E-state index is 0.129. The zero-order valence-electron chi connectivity index (χ0n) is 12.6. The second-order valence-corrected chi connectivity index (χ2v) is 7.02. The summed E-state index contributed by atoms with van der Waals surface area (Å²) in [7, 11) is 0. The van der Waals surface area contributed by atoms with E-state index in [-0.39, 0.29) is 11.0 Å². The Kier molecular flexibility index (Phi) is 5.97. The van der Waals surface area contributed by atoms with E-state index in [0.717, 1.165) is 21.0 Å². The highest BCUT2D eigenvalue weighted by atomic mass is 79.9. The Hall–Kier alpha value is -1.40. The van der Waals surface area contributed by atoms with Gasteiger partial charge >= 0.3 is 0 Å². The van der Waals surface area contributed by atoms with E-state index in [0.29, 0.717) is 13.0 Å². The van der Waals surface area contributed by atoms with Crippen molar-refractivity contribution in [3.8, 4) is 11.4 Å². The zero-order valence-corrected chi connectivity index (χ0v) is 15.0. The van der Waals surface area contributed by atoms with Crippen molar-refractivity contribution in [3.63, 3.8) is 0 Å². The minimum Gasteiger partial charge on any atom is -0.298 e. The zero-order chi connectivity index (χ0) is 16.1. The van der Waals surface area contributed by atoms with Gasteiger partial charge in [0.25, 0.3) is 0 Å². The fraction of sp³-hybridized carbons (Fsp3) is 0.312. The number of carbonyl (C=O) groups excluding carboxylic acids is 1. The summed E-state index contributed by atoms with van der Waals surface area (Å²) in [5.41, 5.74) is 0.985.